The topological polar surface area (TPSA) is 32.8 Å². The molecule has 0 aliphatic carbocycles. The molecule has 1 saturated heterocycles. The molecule has 0 spiro atoms. The van der Waals surface area contributed by atoms with Crippen molar-refractivity contribution in [2.45, 2.75) is 39.3 Å². The first-order valence-electron chi connectivity index (χ1n) is 7.30. The van der Waals surface area contributed by atoms with E-state index < -0.39 is 0 Å². The average Bonchev–Trinajstić information content (AvgIpc) is 2.73. The van der Waals surface area contributed by atoms with Crippen molar-refractivity contribution in [3.63, 3.8) is 0 Å². The second-order valence-corrected chi connectivity index (χ2v) is 5.48. The van der Waals surface area contributed by atoms with Crippen LogP contribution < -0.4 is 4.74 Å². The summed E-state index contributed by atoms with van der Waals surface area (Å²) in [5.74, 6) is 1.18. The van der Waals surface area contributed by atoms with Crippen molar-refractivity contribution in [3.05, 3.63) is 29.8 Å². The highest BCUT2D eigenvalue weighted by Gasteiger charge is 2.27. The molecule has 1 heterocycles. The molecule has 1 fully saturated rings. The maximum atomic E-state index is 11.8. The van der Waals surface area contributed by atoms with Crippen LogP contribution in [0.15, 0.2) is 24.3 Å². The van der Waals surface area contributed by atoms with Crippen LogP contribution in [-0.2, 0) is 11.3 Å². The Kier molecular flexibility index (Phi) is 5.01. The molecule has 110 valence electrons. The zero-order valence-electron chi connectivity index (χ0n) is 12.6. The van der Waals surface area contributed by atoms with Crippen molar-refractivity contribution in [1.29, 1.82) is 0 Å². The van der Waals surface area contributed by atoms with Gasteiger partial charge >= 0.3 is 0 Å². The van der Waals surface area contributed by atoms with Crippen LogP contribution in [-0.4, -0.2) is 42.1 Å². The molecule has 20 heavy (non-hydrogen) atoms. The third-order valence-electron chi connectivity index (χ3n) is 3.71. The Labute approximate surface area is 121 Å². The molecule has 1 aromatic carbocycles. The van der Waals surface area contributed by atoms with Crippen molar-refractivity contribution in [1.82, 2.24) is 9.80 Å². The van der Waals surface area contributed by atoms with Gasteiger partial charge in [0, 0.05) is 19.0 Å². The Bertz CT molecular complexity index is 444. The van der Waals surface area contributed by atoms with E-state index in [0.29, 0.717) is 25.7 Å². The summed E-state index contributed by atoms with van der Waals surface area (Å²) < 4.78 is 5.44. The molecule has 2 rings (SSSR count). The van der Waals surface area contributed by atoms with E-state index in [1.54, 1.807) is 0 Å². The maximum Gasteiger partial charge on any atom is 0.223 e. The molecule has 0 saturated carbocycles. The number of carbonyl (C=O) groups excluding carboxylic acids is 1. The SMILES string of the molecule is CCOc1ccc(CN(C)CN2C(=O)CC[C@H]2C)cc1. The van der Waals surface area contributed by atoms with Gasteiger partial charge in [0.15, 0.2) is 0 Å². The highest BCUT2D eigenvalue weighted by molar-refractivity contribution is 5.78. The lowest BCUT2D eigenvalue weighted by Crippen LogP contribution is -2.39. The smallest absolute Gasteiger partial charge is 0.223 e. The van der Waals surface area contributed by atoms with E-state index in [1.807, 2.05) is 24.0 Å². The molecule has 4 heteroatoms. The Balaban J connectivity index is 1.87. The third-order valence-corrected chi connectivity index (χ3v) is 3.71. The summed E-state index contributed by atoms with van der Waals surface area (Å²) in [7, 11) is 2.05. The predicted octanol–water partition coefficient (Wildman–Crippen LogP) is 2.49. The summed E-state index contributed by atoms with van der Waals surface area (Å²) >= 11 is 0. The van der Waals surface area contributed by atoms with E-state index in [2.05, 4.69) is 31.0 Å². The molecule has 0 radical (unpaired) electrons. The molecule has 0 unspecified atom stereocenters. The molecule has 1 aromatic rings. The van der Waals surface area contributed by atoms with E-state index in [4.69, 9.17) is 4.74 Å². The van der Waals surface area contributed by atoms with Crippen molar-refractivity contribution in [3.8, 4) is 5.75 Å². The van der Waals surface area contributed by atoms with E-state index in [-0.39, 0.29) is 5.91 Å². The van der Waals surface area contributed by atoms with Crippen LogP contribution in [0.2, 0.25) is 0 Å². The van der Waals surface area contributed by atoms with Crippen LogP contribution in [0.5, 0.6) is 5.75 Å². The van der Waals surface area contributed by atoms with Crippen molar-refractivity contribution in [2.24, 2.45) is 0 Å². The second kappa shape index (κ2) is 6.75. The minimum atomic E-state index is 0.274. The number of hydrogen-bond acceptors (Lipinski definition) is 3. The Hall–Kier alpha value is -1.55. The lowest BCUT2D eigenvalue weighted by Gasteiger charge is -2.27. The van der Waals surface area contributed by atoms with Crippen LogP contribution >= 0.6 is 0 Å². The zero-order chi connectivity index (χ0) is 14.5. The van der Waals surface area contributed by atoms with Crippen LogP contribution in [0.3, 0.4) is 0 Å². The molecular formula is C16H24N2O2. The van der Waals surface area contributed by atoms with Gasteiger partial charge in [-0.2, -0.15) is 0 Å². The van der Waals surface area contributed by atoms with Gasteiger partial charge in [0.1, 0.15) is 5.75 Å². The van der Waals surface area contributed by atoms with Crippen molar-refractivity contribution in [2.75, 3.05) is 20.3 Å². The summed E-state index contributed by atoms with van der Waals surface area (Å²) in [6.45, 7) is 6.33. The number of amides is 1. The fourth-order valence-electron chi connectivity index (χ4n) is 2.58. The highest BCUT2D eigenvalue weighted by atomic mass is 16.5. The van der Waals surface area contributed by atoms with Crippen LogP contribution in [0, 0.1) is 0 Å². The van der Waals surface area contributed by atoms with Gasteiger partial charge in [-0.3, -0.25) is 9.69 Å². The summed E-state index contributed by atoms with van der Waals surface area (Å²) in [4.78, 5) is 15.9. The molecule has 0 aromatic heterocycles. The normalized spacial score (nSPS) is 18.9. The van der Waals surface area contributed by atoms with Gasteiger partial charge in [0.25, 0.3) is 0 Å². The minimum Gasteiger partial charge on any atom is -0.494 e. The van der Waals surface area contributed by atoms with Gasteiger partial charge < -0.3 is 9.64 Å². The molecule has 1 amide bonds. The Morgan fingerprint density at radius 1 is 1.35 bits per heavy atom. The molecule has 0 bridgehead atoms. The van der Waals surface area contributed by atoms with E-state index >= 15 is 0 Å². The third kappa shape index (κ3) is 3.73. The number of hydrogen-bond donors (Lipinski definition) is 0. The van der Waals surface area contributed by atoms with E-state index in [9.17, 15) is 4.79 Å². The van der Waals surface area contributed by atoms with Crippen LogP contribution in [0.1, 0.15) is 32.3 Å². The quantitative estimate of drug-likeness (QED) is 0.800. The van der Waals surface area contributed by atoms with Gasteiger partial charge in [-0.15, -0.1) is 0 Å². The fourth-order valence-corrected chi connectivity index (χ4v) is 2.58. The number of nitrogens with zero attached hydrogens (tertiary/aromatic N) is 2. The van der Waals surface area contributed by atoms with Crippen LogP contribution in [0.4, 0.5) is 0 Å². The Morgan fingerprint density at radius 3 is 2.60 bits per heavy atom. The van der Waals surface area contributed by atoms with Gasteiger partial charge in [-0.1, -0.05) is 12.1 Å². The standard InChI is InChI=1S/C16H24N2O2/c1-4-20-15-8-6-14(7-9-15)11-17(3)12-18-13(2)5-10-16(18)19/h6-9,13H,4-5,10-12H2,1-3H3/t13-/m1/s1. The largest absolute Gasteiger partial charge is 0.494 e. The molecule has 1 aliphatic rings. The van der Waals surface area contributed by atoms with Gasteiger partial charge in [0.05, 0.1) is 13.3 Å². The first kappa shape index (κ1) is 14.9. The molecule has 0 N–H and O–H groups in total. The lowest BCUT2D eigenvalue weighted by molar-refractivity contribution is -0.130. The molecule has 4 nitrogen and oxygen atoms in total. The molecule has 1 atom stereocenters. The van der Waals surface area contributed by atoms with Crippen molar-refractivity contribution < 1.29 is 9.53 Å². The summed E-state index contributed by atoms with van der Waals surface area (Å²) in [5.41, 5.74) is 1.23. The van der Waals surface area contributed by atoms with Gasteiger partial charge in [-0.05, 0) is 45.0 Å². The first-order valence-corrected chi connectivity index (χ1v) is 7.30. The van der Waals surface area contributed by atoms with Gasteiger partial charge in [-0.25, -0.2) is 0 Å². The highest BCUT2D eigenvalue weighted by Crippen LogP contribution is 2.19. The summed E-state index contributed by atoms with van der Waals surface area (Å²) in [5, 5.41) is 0. The molecule has 1 aliphatic heterocycles. The van der Waals surface area contributed by atoms with Crippen molar-refractivity contribution >= 4 is 5.91 Å². The zero-order valence-corrected chi connectivity index (χ0v) is 12.6. The van der Waals surface area contributed by atoms with E-state index in [1.165, 1.54) is 5.56 Å². The summed E-state index contributed by atoms with van der Waals surface area (Å²) in [6, 6.07) is 8.52. The monoisotopic (exact) mass is 276 g/mol. The number of rotatable bonds is 6. The number of likely N-dealkylation sites (tertiary alicyclic amines) is 1. The summed E-state index contributed by atoms with van der Waals surface area (Å²) in [6.07, 6.45) is 1.67. The Morgan fingerprint density at radius 2 is 2.05 bits per heavy atom. The van der Waals surface area contributed by atoms with Crippen LogP contribution in [0.25, 0.3) is 0 Å². The number of carbonyl (C=O) groups is 1. The van der Waals surface area contributed by atoms with E-state index in [0.717, 1.165) is 18.7 Å². The van der Waals surface area contributed by atoms with Gasteiger partial charge in [0.2, 0.25) is 5.91 Å². The number of benzene rings is 1. The minimum absolute atomic E-state index is 0.274. The first-order chi connectivity index (χ1) is 9.60. The molecular weight excluding hydrogens is 252 g/mol. The maximum absolute atomic E-state index is 11.8. The number of ether oxygens (including phenoxy) is 1. The average molecular weight is 276 g/mol. The fraction of sp³-hybridized carbons (Fsp3) is 0.562. The lowest BCUT2D eigenvalue weighted by atomic mass is 10.2. The second-order valence-electron chi connectivity index (χ2n) is 5.48. The predicted molar refractivity (Wildman–Crippen MR) is 79.5 cm³/mol.